The molecule has 3 heterocycles. The number of benzene rings is 2. The van der Waals surface area contributed by atoms with Gasteiger partial charge in [0.25, 0.3) is 5.91 Å². The van der Waals surface area contributed by atoms with Crippen molar-refractivity contribution in [2.24, 2.45) is 4.99 Å². The van der Waals surface area contributed by atoms with Crippen LogP contribution in [-0.4, -0.2) is 45.7 Å². The van der Waals surface area contributed by atoms with Crippen LogP contribution in [0.1, 0.15) is 46.9 Å². The number of nitrogen functional groups attached to an aromatic ring is 1. The van der Waals surface area contributed by atoms with Gasteiger partial charge in [-0.15, -0.1) is 5.10 Å². The first-order valence-electron chi connectivity index (χ1n) is 11.3. The van der Waals surface area contributed by atoms with Crippen LogP contribution in [0, 0.1) is 5.82 Å². The summed E-state index contributed by atoms with van der Waals surface area (Å²) in [6.07, 6.45) is 1.89. The smallest absolute Gasteiger partial charge is 0.253 e. The number of hydrogen-bond acceptors (Lipinski definition) is 6. The molecule has 2 aromatic carbocycles. The maximum atomic E-state index is 14.8. The Morgan fingerprint density at radius 1 is 1.17 bits per heavy atom. The van der Waals surface area contributed by atoms with Gasteiger partial charge in [0, 0.05) is 42.7 Å². The van der Waals surface area contributed by atoms with Crippen molar-refractivity contribution in [2.75, 3.05) is 25.1 Å². The summed E-state index contributed by atoms with van der Waals surface area (Å²) in [7, 11) is 3.23. The number of rotatable bonds is 5. The molecule has 3 N–H and O–H groups in total. The van der Waals surface area contributed by atoms with Crippen LogP contribution in [0.4, 0.5) is 21.8 Å². The van der Waals surface area contributed by atoms with Gasteiger partial charge in [0.1, 0.15) is 11.3 Å². The molecule has 5 rings (SSSR count). The minimum Gasteiger partial charge on any atom is -0.382 e. The zero-order valence-electron chi connectivity index (χ0n) is 20.0. The number of nitrogens with one attached hydrogen (secondary N) is 1. The van der Waals surface area contributed by atoms with Gasteiger partial charge in [0.15, 0.2) is 5.82 Å². The SMILES string of the molecule is CC(C)c1cc(-c2cccc3c2C=NC3)c2c(N)nc(Nc3ccc(C(=O)N(C)C)cc3F)nn12. The number of aliphatic imine (C=N–C) groups is 1. The van der Waals surface area contributed by atoms with Crippen LogP contribution in [0.15, 0.2) is 47.5 Å². The van der Waals surface area contributed by atoms with Crippen molar-refractivity contribution < 1.29 is 9.18 Å². The van der Waals surface area contributed by atoms with Gasteiger partial charge in [-0.05, 0) is 41.3 Å². The Balaban J connectivity index is 1.59. The maximum Gasteiger partial charge on any atom is 0.253 e. The van der Waals surface area contributed by atoms with Gasteiger partial charge in [-0.2, -0.15) is 4.98 Å². The van der Waals surface area contributed by atoms with E-state index >= 15 is 0 Å². The number of fused-ring (bicyclic) bond motifs is 2. The molecule has 1 aliphatic heterocycles. The van der Waals surface area contributed by atoms with Crippen molar-refractivity contribution in [1.29, 1.82) is 0 Å². The van der Waals surface area contributed by atoms with Gasteiger partial charge in [-0.3, -0.25) is 9.79 Å². The summed E-state index contributed by atoms with van der Waals surface area (Å²) in [6, 6.07) is 12.5. The summed E-state index contributed by atoms with van der Waals surface area (Å²) in [4.78, 5) is 22.4. The average Bonchev–Trinajstić information content (AvgIpc) is 3.45. The van der Waals surface area contributed by atoms with Crippen molar-refractivity contribution in [3.05, 3.63) is 70.7 Å². The van der Waals surface area contributed by atoms with Gasteiger partial charge in [0.05, 0.1) is 12.2 Å². The zero-order valence-corrected chi connectivity index (χ0v) is 20.0. The van der Waals surface area contributed by atoms with Crippen LogP contribution in [0.25, 0.3) is 16.6 Å². The topological polar surface area (TPSA) is 101 Å². The van der Waals surface area contributed by atoms with Gasteiger partial charge in [0.2, 0.25) is 5.95 Å². The van der Waals surface area contributed by atoms with E-state index in [2.05, 4.69) is 46.4 Å². The molecule has 0 spiro atoms. The number of nitrogens with two attached hydrogens (primary N) is 1. The second kappa shape index (κ2) is 8.50. The first-order chi connectivity index (χ1) is 16.7. The zero-order chi connectivity index (χ0) is 24.9. The van der Waals surface area contributed by atoms with E-state index in [9.17, 15) is 9.18 Å². The highest BCUT2D eigenvalue weighted by molar-refractivity contribution is 5.99. The normalized spacial score (nSPS) is 12.4. The third kappa shape index (κ3) is 3.88. The molecule has 1 amide bonds. The number of anilines is 3. The molecule has 0 aliphatic carbocycles. The molecule has 8 nitrogen and oxygen atoms in total. The second-order valence-electron chi connectivity index (χ2n) is 9.09. The molecule has 0 saturated carbocycles. The lowest BCUT2D eigenvalue weighted by Gasteiger charge is -2.13. The van der Waals surface area contributed by atoms with Crippen LogP contribution >= 0.6 is 0 Å². The molecule has 1 aliphatic rings. The molecule has 0 unspecified atom stereocenters. The van der Waals surface area contributed by atoms with E-state index in [1.54, 1.807) is 24.7 Å². The van der Waals surface area contributed by atoms with Gasteiger partial charge >= 0.3 is 0 Å². The minimum atomic E-state index is -0.587. The lowest BCUT2D eigenvalue weighted by Crippen LogP contribution is -2.21. The van der Waals surface area contributed by atoms with Gasteiger partial charge in [-0.25, -0.2) is 8.91 Å². The number of carbonyl (C=O) groups excluding carboxylic acids is 1. The molecule has 0 radical (unpaired) electrons. The monoisotopic (exact) mass is 471 g/mol. The van der Waals surface area contributed by atoms with Crippen LogP contribution in [0.3, 0.4) is 0 Å². The summed E-state index contributed by atoms with van der Waals surface area (Å²) >= 11 is 0. The third-order valence-corrected chi connectivity index (χ3v) is 6.10. The number of halogens is 1. The molecular weight excluding hydrogens is 445 g/mol. The van der Waals surface area contributed by atoms with Crippen molar-refractivity contribution in [2.45, 2.75) is 26.3 Å². The molecule has 4 aromatic rings. The highest BCUT2D eigenvalue weighted by Gasteiger charge is 2.22. The Morgan fingerprint density at radius 3 is 2.69 bits per heavy atom. The minimum absolute atomic E-state index is 0.148. The molecular formula is C26H26FN7O. The van der Waals surface area contributed by atoms with Crippen LogP contribution < -0.4 is 11.1 Å². The Labute approximate surface area is 202 Å². The Morgan fingerprint density at radius 2 is 1.97 bits per heavy atom. The molecule has 35 heavy (non-hydrogen) atoms. The largest absolute Gasteiger partial charge is 0.382 e. The fourth-order valence-corrected chi connectivity index (χ4v) is 4.33. The fraction of sp³-hybridized carbons (Fsp3) is 0.231. The third-order valence-electron chi connectivity index (χ3n) is 6.10. The van der Waals surface area contributed by atoms with E-state index in [1.807, 2.05) is 18.3 Å². The number of amides is 1. The van der Waals surface area contributed by atoms with Crippen LogP contribution in [-0.2, 0) is 6.54 Å². The predicted molar refractivity (Wildman–Crippen MR) is 136 cm³/mol. The summed E-state index contributed by atoms with van der Waals surface area (Å²) in [5.74, 6) is -0.286. The van der Waals surface area contributed by atoms with E-state index in [0.717, 1.165) is 27.9 Å². The van der Waals surface area contributed by atoms with Crippen molar-refractivity contribution in [3.63, 3.8) is 0 Å². The standard InChI is InChI=1S/C26H26FN7O/c1-14(2)22-11-18(17-7-5-6-16-12-29-13-19(16)17)23-24(28)31-26(32-34(22)23)30-21-9-8-15(10-20(21)27)25(35)33(3)4/h5-11,13-14H,12H2,1-4H3,(H3,28,30,31,32). The van der Waals surface area contributed by atoms with Gasteiger partial charge < -0.3 is 16.0 Å². The average molecular weight is 472 g/mol. The summed E-state index contributed by atoms with van der Waals surface area (Å²) in [5, 5.41) is 7.57. The Hall–Kier alpha value is -4.27. The molecule has 0 fully saturated rings. The van der Waals surface area contributed by atoms with E-state index in [4.69, 9.17) is 5.73 Å². The fourth-order valence-electron chi connectivity index (χ4n) is 4.33. The van der Waals surface area contributed by atoms with E-state index in [1.165, 1.54) is 17.0 Å². The Kier molecular flexibility index (Phi) is 5.47. The summed E-state index contributed by atoms with van der Waals surface area (Å²) in [5.41, 5.74) is 12.7. The molecule has 2 aromatic heterocycles. The summed E-state index contributed by atoms with van der Waals surface area (Å²) in [6.45, 7) is 4.82. The molecule has 0 saturated heterocycles. The lowest BCUT2D eigenvalue weighted by atomic mass is 9.97. The number of hydrogen-bond donors (Lipinski definition) is 2. The molecule has 9 heteroatoms. The number of nitrogens with zero attached hydrogens (tertiary/aromatic N) is 5. The first-order valence-corrected chi connectivity index (χ1v) is 11.3. The highest BCUT2D eigenvalue weighted by atomic mass is 19.1. The quantitative estimate of drug-likeness (QED) is 0.442. The lowest BCUT2D eigenvalue weighted by molar-refractivity contribution is 0.0827. The maximum absolute atomic E-state index is 14.8. The molecule has 0 atom stereocenters. The Bertz CT molecular complexity index is 1500. The first kappa shape index (κ1) is 22.5. The van der Waals surface area contributed by atoms with E-state index in [0.29, 0.717) is 12.1 Å². The number of aromatic nitrogens is 3. The number of carbonyl (C=O) groups is 1. The van der Waals surface area contributed by atoms with E-state index in [-0.39, 0.29) is 34.8 Å². The van der Waals surface area contributed by atoms with E-state index < -0.39 is 5.82 Å². The van der Waals surface area contributed by atoms with Crippen molar-refractivity contribution in [1.82, 2.24) is 19.5 Å². The second-order valence-corrected chi connectivity index (χ2v) is 9.09. The van der Waals surface area contributed by atoms with Gasteiger partial charge in [-0.1, -0.05) is 32.0 Å². The molecule has 178 valence electrons. The van der Waals surface area contributed by atoms with Crippen molar-refractivity contribution in [3.8, 4) is 11.1 Å². The molecule has 0 bridgehead atoms. The highest BCUT2D eigenvalue weighted by Crippen LogP contribution is 2.37. The predicted octanol–water partition coefficient (Wildman–Crippen LogP) is 4.62. The van der Waals surface area contributed by atoms with Crippen LogP contribution in [0.2, 0.25) is 0 Å². The van der Waals surface area contributed by atoms with Crippen molar-refractivity contribution >= 4 is 35.1 Å². The van der Waals surface area contributed by atoms with Crippen LogP contribution in [0.5, 0.6) is 0 Å². The summed E-state index contributed by atoms with van der Waals surface area (Å²) < 4.78 is 16.6.